The third kappa shape index (κ3) is 6.91. The lowest BCUT2D eigenvalue weighted by Gasteiger charge is -2.20. The van der Waals surface area contributed by atoms with Crippen LogP contribution in [0.4, 0.5) is 0 Å². The number of hydrogen-bond acceptors (Lipinski definition) is 3. The van der Waals surface area contributed by atoms with Crippen molar-refractivity contribution in [2.75, 3.05) is 13.1 Å². The fourth-order valence-electron chi connectivity index (χ4n) is 2.70. The Morgan fingerprint density at radius 2 is 1.80 bits per heavy atom. The largest absolute Gasteiger partial charge is 0.299 e. The van der Waals surface area contributed by atoms with Crippen LogP contribution < -0.4 is 5.48 Å². The maximum atomic E-state index is 11.0. The minimum atomic E-state index is -0.528. The molecule has 132 valence electrons. The van der Waals surface area contributed by atoms with E-state index in [4.69, 9.17) is 5.21 Å². The highest BCUT2D eigenvalue weighted by molar-refractivity contribution is 5.90. The Morgan fingerprint density at radius 3 is 2.44 bits per heavy atom. The van der Waals surface area contributed by atoms with Gasteiger partial charge in [0.2, 0.25) is 0 Å². The van der Waals surface area contributed by atoms with Crippen molar-refractivity contribution in [3.8, 4) is 0 Å². The summed E-state index contributed by atoms with van der Waals surface area (Å²) in [4.78, 5) is 13.4. The summed E-state index contributed by atoms with van der Waals surface area (Å²) in [6.07, 6.45) is 5.23. The number of aryl methyl sites for hydroxylation is 1. The van der Waals surface area contributed by atoms with Gasteiger partial charge in [0.05, 0.1) is 0 Å². The van der Waals surface area contributed by atoms with Crippen LogP contribution in [0.2, 0.25) is 0 Å². The molecule has 0 saturated heterocycles. The Kier molecular flexibility index (Phi) is 7.89. The van der Waals surface area contributed by atoms with Gasteiger partial charge in [-0.1, -0.05) is 61.5 Å². The first-order chi connectivity index (χ1) is 12.2. The number of nitrogens with one attached hydrogen (secondary N) is 1. The molecule has 0 saturated carbocycles. The number of carbonyl (C=O) groups excluding carboxylic acids is 1. The van der Waals surface area contributed by atoms with Crippen molar-refractivity contribution in [3.05, 3.63) is 77.4 Å². The Morgan fingerprint density at radius 1 is 1.08 bits per heavy atom. The van der Waals surface area contributed by atoms with Crippen LogP contribution in [0.3, 0.4) is 0 Å². The number of hydroxylamine groups is 1. The van der Waals surface area contributed by atoms with Gasteiger partial charge >= 0.3 is 0 Å². The van der Waals surface area contributed by atoms with Gasteiger partial charge in [-0.05, 0) is 48.7 Å². The molecule has 0 atom stereocenters. The number of hydrogen-bond donors (Lipinski definition) is 2. The third-order valence-electron chi connectivity index (χ3n) is 4.15. The van der Waals surface area contributed by atoms with Gasteiger partial charge < -0.3 is 0 Å². The van der Waals surface area contributed by atoms with E-state index >= 15 is 0 Å². The van der Waals surface area contributed by atoms with Crippen molar-refractivity contribution in [1.29, 1.82) is 0 Å². The van der Waals surface area contributed by atoms with Gasteiger partial charge in [-0.2, -0.15) is 0 Å². The quantitative estimate of drug-likeness (QED) is 0.417. The van der Waals surface area contributed by atoms with Crippen molar-refractivity contribution in [2.24, 2.45) is 0 Å². The van der Waals surface area contributed by atoms with E-state index < -0.39 is 5.91 Å². The van der Waals surface area contributed by atoms with Crippen LogP contribution in [-0.2, 0) is 17.8 Å². The molecule has 4 nitrogen and oxygen atoms in total. The zero-order valence-electron chi connectivity index (χ0n) is 14.7. The summed E-state index contributed by atoms with van der Waals surface area (Å²) in [5, 5.41) is 8.47. The molecule has 2 aromatic rings. The molecule has 2 N–H and O–H groups in total. The molecule has 2 aromatic carbocycles. The predicted octanol–water partition coefficient (Wildman–Crippen LogP) is 3.66. The number of carbonyl (C=O) groups is 1. The van der Waals surface area contributed by atoms with Crippen LogP contribution in [-0.4, -0.2) is 29.1 Å². The molecule has 0 aromatic heterocycles. The van der Waals surface area contributed by atoms with E-state index in [-0.39, 0.29) is 0 Å². The van der Waals surface area contributed by atoms with Crippen LogP contribution in [0, 0.1) is 0 Å². The Bertz CT molecular complexity index is 666. The summed E-state index contributed by atoms with van der Waals surface area (Å²) in [6, 6.07) is 18.7. The van der Waals surface area contributed by atoms with E-state index in [0.717, 1.165) is 38.0 Å². The molecule has 0 spiro atoms. The molecule has 0 heterocycles. The smallest absolute Gasteiger partial charge is 0.267 e. The molecule has 0 aliphatic carbocycles. The Balaban J connectivity index is 1.82. The summed E-state index contributed by atoms with van der Waals surface area (Å²) >= 11 is 0. The molecule has 4 heteroatoms. The molecule has 0 radical (unpaired) electrons. The lowest BCUT2D eigenvalue weighted by Crippen LogP contribution is -2.24. The molecule has 25 heavy (non-hydrogen) atoms. The zero-order valence-corrected chi connectivity index (χ0v) is 14.7. The molecular weight excluding hydrogens is 312 g/mol. The standard InChI is InChI=1S/C21H26N2O2/c1-2-23(16-6-9-18-7-4-3-5-8-18)17-20-12-10-19(11-13-20)14-15-21(24)22-25/h3-5,7-8,10-15,25H,2,6,9,16-17H2,1H3,(H,22,24)/b15-14+. The fourth-order valence-corrected chi connectivity index (χ4v) is 2.70. The van der Waals surface area contributed by atoms with Gasteiger partial charge in [-0.25, -0.2) is 5.48 Å². The van der Waals surface area contributed by atoms with Crippen LogP contribution in [0.1, 0.15) is 30.0 Å². The van der Waals surface area contributed by atoms with Gasteiger partial charge in [-0.15, -0.1) is 0 Å². The number of benzene rings is 2. The first-order valence-corrected chi connectivity index (χ1v) is 8.68. The second kappa shape index (κ2) is 10.4. The van der Waals surface area contributed by atoms with Crippen LogP contribution >= 0.6 is 0 Å². The average Bonchev–Trinajstić information content (AvgIpc) is 2.67. The highest BCUT2D eigenvalue weighted by Crippen LogP contribution is 2.10. The van der Waals surface area contributed by atoms with E-state index in [1.165, 1.54) is 17.2 Å². The summed E-state index contributed by atoms with van der Waals surface area (Å²) < 4.78 is 0. The summed E-state index contributed by atoms with van der Waals surface area (Å²) in [5.74, 6) is -0.528. The molecule has 0 bridgehead atoms. The lowest BCUT2D eigenvalue weighted by molar-refractivity contribution is -0.124. The van der Waals surface area contributed by atoms with Crippen molar-refractivity contribution in [1.82, 2.24) is 10.4 Å². The second-order valence-corrected chi connectivity index (χ2v) is 6.01. The third-order valence-corrected chi connectivity index (χ3v) is 4.15. The maximum absolute atomic E-state index is 11.0. The topological polar surface area (TPSA) is 52.6 Å². The molecule has 0 aliphatic rings. The molecule has 0 aliphatic heterocycles. The van der Waals surface area contributed by atoms with E-state index in [1.807, 2.05) is 12.1 Å². The highest BCUT2D eigenvalue weighted by atomic mass is 16.5. The van der Waals surface area contributed by atoms with Crippen LogP contribution in [0.5, 0.6) is 0 Å². The number of rotatable bonds is 9. The van der Waals surface area contributed by atoms with E-state index in [9.17, 15) is 4.79 Å². The van der Waals surface area contributed by atoms with E-state index in [1.54, 1.807) is 11.6 Å². The molecular formula is C21H26N2O2. The average molecular weight is 338 g/mol. The predicted molar refractivity (Wildman–Crippen MR) is 101 cm³/mol. The summed E-state index contributed by atoms with van der Waals surface area (Å²) in [7, 11) is 0. The SMILES string of the molecule is CCN(CCCc1ccccc1)Cc1ccc(/C=C/C(=O)NO)cc1. The van der Waals surface area contributed by atoms with Crippen molar-refractivity contribution >= 4 is 12.0 Å². The van der Waals surface area contributed by atoms with Gasteiger partial charge in [0, 0.05) is 12.6 Å². The van der Waals surface area contributed by atoms with Crippen molar-refractivity contribution in [2.45, 2.75) is 26.3 Å². The van der Waals surface area contributed by atoms with Crippen LogP contribution in [0.15, 0.2) is 60.7 Å². The fraction of sp³-hybridized carbons (Fsp3) is 0.286. The van der Waals surface area contributed by atoms with Gasteiger partial charge in [0.1, 0.15) is 0 Å². The molecule has 1 amide bonds. The minimum Gasteiger partial charge on any atom is -0.299 e. The monoisotopic (exact) mass is 338 g/mol. The summed E-state index contributed by atoms with van der Waals surface area (Å²) in [6.45, 7) is 5.20. The zero-order chi connectivity index (χ0) is 17.9. The minimum absolute atomic E-state index is 0.528. The Hall–Kier alpha value is -2.43. The second-order valence-electron chi connectivity index (χ2n) is 6.01. The molecule has 0 fully saturated rings. The molecule has 2 rings (SSSR count). The number of nitrogens with zero attached hydrogens (tertiary/aromatic N) is 1. The van der Waals surface area contributed by atoms with Crippen LogP contribution in [0.25, 0.3) is 6.08 Å². The van der Waals surface area contributed by atoms with Gasteiger partial charge in [0.25, 0.3) is 5.91 Å². The van der Waals surface area contributed by atoms with Gasteiger partial charge in [0.15, 0.2) is 0 Å². The Labute approximate surface area is 149 Å². The van der Waals surface area contributed by atoms with Gasteiger partial charge in [-0.3, -0.25) is 14.9 Å². The number of amides is 1. The lowest BCUT2D eigenvalue weighted by atomic mass is 10.1. The molecule has 0 unspecified atom stereocenters. The normalized spacial score (nSPS) is 11.2. The summed E-state index contributed by atoms with van der Waals surface area (Å²) in [5.41, 5.74) is 5.15. The van der Waals surface area contributed by atoms with E-state index in [2.05, 4.69) is 54.3 Å². The first kappa shape index (κ1) is 18.9. The van der Waals surface area contributed by atoms with Crippen molar-refractivity contribution < 1.29 is 10.0 Å². The van der Waals surface area contributed by atoms with Crippen molar-refractivity contribution in [3.63, 3.8) is 0 Å². The first-order valence-electron chi connectivity index (χ1n) is 8.68. The maximum Gasteiger partial charge on any atom is 0.267 e. The highest BCUT2D eigenvalue weighted by Gasteiger charge is 2.04. The van der Waals surface area contributed by atoms with E-state index in [0.29, 0.717) is 0 Å².